The van der Waals surface area contributed by atoms with Gasteiger partial charge in [0.1, 0.15) is 18.0 Å². The summed E-state index contributed by atoms with van der Waals surface area (Å²) in [6.45, 7) is 0.811. The zero-order valence-electron chi connectivity index (χ0n) is 12.0. The number of rotatable bonds is 5. The van der Waals surface area contributed by atoms with Crippen LogP contribution >= 0.6 is 0 Å². The van der Waals surface area contributed by atoms with Gasteiger partial charge in [-0.25, -0.2) is 14.4 Å². The van der Waals surface area contributed by atoms with Crippen LogP contribution in [0.5, 0.6) is 0 Å². The van der Waals surface area contributed by atoms with Crippen LogP contribution in [-0.2, 0) is 6.42 Å². The van der Waals surface area contributed by atoms with Crippen LogP contribution in [0.25, 0.3) is 11.0 Å². The lowest BCUT2D eigenvalue weighted by molar-refractivity contribution is 0.624. The number of fused-ring (bicyclic) bond motifs is 1. The lowest BCUT2D eigenvalue weighted by Gasteiger charge is -2.23. The van der Waals surface area contributed by atoms with Gasteiger partial charge in [0.25, 0.3) is 0 Å². The Morgan fingerprint density at radius 2 is 2.18 bits per heavy atom. The third-order valence-corrected chi connectivity index (χ3v) is 4.02. The van der Waals surface area contributed by atoms with E-state index in [0.717, 1.165) is 35.4 Å². The highest BCUT2D eigenvalue weighted by Gasteiger charge is 2.31. The fraction of sp³-hybridized carbons (Fsp3) is 0.312. The fourth-order valence-electron chi connectivity index (χ4n) is 2.77. The predicted octanol–water partition coefficient (Wildman–Crippen LogP) is 2.70. The molecule has 0 bridgehead atoms. The number of hydrogen-bond acceptors (Lipinski definition) is 4. The molecule has 6 heteroatoms. The van der Waals surface area contributed by atoms with Gasteiger partial charge in [-0.2, -0.15) is 5.10 Å². The molecular formula is C16H16FN5. The maximum atomic E-state index is 13.3. The van der Waals surface area contributed by atoms with Crippen molar-refractivity contribution in [2.75, 3.05) is 11.4 Å². The summed E-state index contributed by atoms with van der Waals surface area (Å²) in [6.07, 6.45) is 6.46. The van der Waals surface area contributed by atoms with Crippen LogP contribution in [0.2, 0.25) is 0 Å². The first-order valence-corrected chi connectivity index (χ1v) is 7.46. The van der Waals surface area contributed by atoms with E-state index in [4.69, 9.17) is 0 Å². The van der Waals surface area contributed by atoms with E-state index in [0.29, 0.717) is 6.04 Å². The molecule has 4 rings (SSSR count). The average molecular weight is 297 g/mol. The summed E-state index contributed by atoms with van der Waals surface area (Å²) in [5.41, 5.74) is 1.75. The maximum Gasteiger partial charge on any atom is 0.160 e. The molecule has 112 valence electrons. The van der Waals surface area contributed by atoms with Gasteiger partial charge in [0, 0.05) is 12.6 Å². The zero-order valence-corrected chi connectivity index (χ0v) is 12.0. The molecule has 5 nitrogen and oxygen atoms in total. The summed E-state index contributed by atoms with van der Waals surface area (Å²) in [6, 6.07) is 7.30. The number of benzene rings is 1. The number of hydrogen-bond donors (Lipinski definition) is 1. The first-order valence-electron chi connectivity index (χ1n) is 7.46. The summed E-state index contributed by atoms with van der Waals surface area (Å²) < 4.78 is 13.3. The number of nitrogens with zero attached hydrogens (tertiary/aromatic N) is 4. The van der Waals surface area contributed by atoms with E-state index in [1.54, 1.807) is 24.7 Å². The molecule has 0 unspecified atom stereocenters. The monoisotopic (exact) mass is 297 g/mol. The maximum absolute atomic E-state index is 13.3. The van der Waals surface area contributed by atoms with E-state index in [2.05, 4.69) is 25.1 Å². The molecule has 0 aliphatic heterocycles. The largest absolute Gasteiger partial charge is 0.353 e. The number of nitrogens with one attached hydrogen (secondary N) is 1. The minimum Gasteiger partial charge on any atom is -0.353 e. The topological polar surface area (TPSA) is 57.7 Å². The van der Waals surface area contributed by atoms with Crippen molar-refractivity contribution in [2.24, 2.45) is 0 Å². The van der Waals surface area contributed by atoms with Gasteiger partial charge < -0.3 is 4.90 Å². The van der Waals surface area contributed by atoms with E-state index in [1.165, 1.54) is 18.9 Å². The minimum absolute atomic E-state index is 0.185. The summed E-state index contributed by atoms with van der Waals surface area (Å²) >= 11 is 0. The van der Waals surface area contributed by atoms with Crippen molar-refractivity contribution in [3.8, 4) is 0 Å². The number of H-pyrrole nitrogens is 1. The molecular weight excluding hydrogens is 281 g/mol. The van der Waals surface area contributed by atoms with Gasteiger partial charge in [0.15, 0.2) is 5.65 Å². The number of aromatic nitrogens is 4. The Morgan fingerprint density at radius 3 is 3.00 bits per heavy atom. The molecule has 0 saturated heterocycles. The van der Waals surface area contributed by atoms with Crippen molar-refractivity contribution in [1.29, 1.82) is 0 Å². The lowest BCUT2D eigenvalue weighted by Crippen LogP contribution is -2.29. The molecule has 2 aromatic heterocycles. The van der Waals surface area contributed by atoms with Gasteiger partial charge in [-0.1, -0.05) is 12.1 Å². The van der Waals surface area contributed by atoms with Crippen LogP contribution in [0.1, 0.15) is 18.4 Å². The summed E-state index contributed by atoms with van der Waals surface area (Å²) in [5.74, 6) is 0.729. The van der Waals surface area contributed by atoms with Crippen LogP contribution in [0, 0.1) is 5.82 Å². The van der Waals surface area contributed by atoms with E-state index >= 15 is 0 Å². The second-order valence-corrected chi connectivity index (χ2v) is 5.63. The predicted molar refractivity (Wildman–Crippen MR) is 82.2 cm³/mol. The standard InChI is InChI=1S/C16H16FN5/c17-12-3-1-2-11(8-12)6-7-22(13-4-5-13)16-14-9-20-21-15(14)18-10-19-16/h1-3,8-10,13H,4-7H2,(H,18,19,20,21). The molecule has 0 amide bonds. The highest BCUT2D eigenvalue weighted by Crippen LogP contribution is 2.33. The van der Waals surface area contributed by atoms with Gasteiger partial charge in [-0.15, -0.1) is 0 Å². The van der Waals surface area contributed by atoms with Gasteiger partial charge in [0.05, 0.1) is 11.6 Å². The molecule has 1 aliphatic rings. The van der Waals surface area contributed by atoms with Crippen LogP contribution in [-0.4, -0.2) is 32.8 Å². The van der Waals surface area contributed by atoms with Crippen molar-refractivity contribution in [2.45, 2.75) is 25.3 Å². The highest BCUT2D eigenvalue weighted by atomic mass is 19.1. The van der Waals surface area contributed by atoms with Gasteiger partial charge in [-0.05, 0) is 37.0 Å². The summed E-state index contributed by atoms with van der Waals surface area (Å²) in [5, 5.41) is 7.87. The number of aromatic amines is 1. The highest BCUT2D eigenvalue weighted by molar-refractivity contribution is 5.86. The first-order chi connectivity index (χ1) is 10.8. The Kier molecular flexibility index (Phi) is 3.21. The van der Waals surface area contributed by atoms with Gasteiger partial charge in [0.2, 0.25) is 0 Å². The van der Waals surface area contributed by atoms with E-state index in [-0.39, 0.29) is 5.82 Å². The normalized spacial score (nSPS) is 14.4. The summed E-state index contributed by atoms with van der Waals surface area (Å²) in [4.78, 5) is 10.9. The molecule has 1 saturated carbocycles. The Bertz CT molecular complexity index is 796. The molecule has 22 heavy (non-hydrogen) atoms. The van der Waals surface area contributed by atoms with E-state index in [9.17, 15) is 4.39 Å². The Balaban J connectivity index is 1.60. The van der Waals surface area contributed by atoms with Gasteiger partial charge in [-0.3, -0.25) is 5.10 Å². The molecule has 3 aromatic rings. The van der Waals surface area contributed by atoms with Crippen molar-refractivity contribution in [3.05, 3.63) is 48.2 Å². The SMILES string of the molecule is Fc1cccc(CCN(c2ncnc3[nH]ncc23)C2CC2)c1. The smallest absolute Gasteiger partial charge is 0.160 e. The molecule has 2 heterocycles. The molecule has 0 radical (unpaired) electrons. The third-order valence-electron chi connectivity index (χ3n) is 4.02. The van der Waals surface area contributed by atoms with E-state index < -0.39 is 0 Å². The summed E-state index contributed by atoms with van der Waals surface area (Å²) in [7, 11) is 0. The molecule has 1 aliphatic carbocycles. The molecule has 1 N–H and O–H groups in total. The van der Waals surface area contributed by atoms with Crippen LogP contribution in [0.3, 0.4) is 0 Å². The molecule has 1 aromatic carbocycles. The Labute approximate surface area is 127 Å². The second-order valence-electron chi connectivity index (χ2n) is 5.63. The first kappa shape index (κ1) is 13.2. The Morgan fingerprint density at radius 1 is 1.27 bits per heavy atom. The van der Waals surface area contributed by atoms with Crippen LogP contribution in [0.15, 0.2) is 36.8 Å². The van der Waals surface area contributed by atoms with E-state index in [1.807, 2.05) is 6.07 Å². The minimum atomic E-state index is -0.185. The molecule has 0 atom stereocenters. The van der Waals surface area contributed by atoms with Crippen molar-refractivity contribution < 1.29 is 4.39 Å². The number of halogens is 1. The lowest BCUT2D eigenvalue weighted by atomic mass is 10.1. The molecule has 0 spiro atoms. The zero-order chi connectivity index (χ0) is 14.9. The van der Waals surface area contributed by atoms with Crippen molar-refractivity contribution in [3.63, 3.8) is 0 Å². The van der Waals surface area contributed by atoms with Crippen LogP contribution < -0.4 is 4.90 Å². The second kappa shape index (κ2) is 5.36. The quantitative estimate of drug-likeness (QED) is 0.786. The number of anilines is 1. The Hall–Kier alpha value is -2.50. The third kappa shape index (κ3) is 2.52. The van der Waals surface area contributed by atoms with Crippen molar-refractivity contribution in [1.82, 2.24) is 20.2 Å². The van der Waals surface area contributed by atoms with Crippen LogP contribution in [0.4, 0.5) is 10.2 Å². The fourth-order valence-corrected chi connectivity index (χ4v) is 2.77. The van der Waals surface area contributed by atoms with Gasteiger partial charge >= 0.3 is 0 Å². The van der Waals surface area contributed by atoms with Crippen molar-refractivity contribution >= 4 is 16.9 Å². The molecule has 1 fully saturated rings. The average Bonchev–Trinajstić information content (AvgIpc) is 3.24.